The number of aliphatic hydroxyl groups is 1. The van der Waals surface area contributed by atoms with E-state index in [4.69, 9.17) is 4.42 Å². The molecule has 1 N–H and O–H groups in total. The Bertz CT molecular complexity index is 910. The number of aromatic nitrogens is 3. The molecule has 1 saturated heterocycles. The van der Waals surface area contributed by atoms with E-state index in [1.165, 1.54) is 17.3 Å². The van der Waals surface area contributed by atoms with Gasteiger partial charge in [-0.3, -0.25) is 4.90 Å². The fourth-order valence-electron chi connectivity index (χ4n) is 4.08. The van der Waals surface area contributed by atoms with Crippen LogP contribution in [0.2, 0.25) is 0 Å². The first-order chi connectivity index (χ1) is 14.2. The quantitative estimate of drug-likeness (QED) is 0.608. The van der Waals surface area contributed by atoms with Gasteiger partial charge in [-0.25, -0.2) is 0 Å². The summed E-state index contributed by atoms with van der Waals surface area (Å²) in [6.07, 6.45) is 5.89. The van der Waals surface area contributed by atoms with Crippen LogP contribution in [0.4, 0.5) is 0 Å². The van der Waals surface area contributed by atoms with Gasteiger partial charge < -0.3 is 14.1 Å². The van der Waals surface area contributed by atoms with E-state index in [0.717, 1.165) is 61.3 Å². The lowest BCUT2D eigenvalue weighted by atomic mass is 9.76. The van der Waals surface area contributed by atoms with Crippen LogP contribution in [0.1, 0.15) is 30.6 Å². The Morgan fingerprint density at radius 3 is 2.83 bits per heavy atom. The predicted octanol–water partition coefficient (Wildman–Crippen LogP) is 3.77. The highest BCUT2D eigenvalue weighted by Crippen LogP contribution is 2.35. The third-order valence-corrected chi connectivity index (χ3v) is 6.71. The number of rotatable bonds is 8. The van der Waals surface area contributed by atoms with Crippen molar-refractivity contribution < 1.29 is 9.52 Å². The lowest BCUT2D eigenvalue weighted by Gasteiger charge is -2.41. The molecule has 6 nitrogen and oxygen atoms in total. The second kappa shape index (κ2) is 9.15. The molecule has 1 fully saturated rings. The minimum absolute atomic E-state index is 0.0309. The van der Waals surface area contributed by atoms with Crippen LogP contribution in [0, 0.1) is 5.41 Å². The Labute approximate surface area is 175 Å². The largest absolute Gasteiger partial charge is 0.453 e. The maximum absolute atomic E-state index is 10.2. The van der Waals surface area contributed by atoms with Crippen molar-refractivity contribution in [1.82, 2.24) is 19.7 Å². The Morgan fingerprint density at radius 1 is 1.21 bits per heavy atom. The van der Waals surface area contributed by atoms with Crippen LogP contribution < -0.4 is 0 Å². The van der Waals surface area contributed by atoms with Crippen LogP contribution in [-0.2, 0) is 20.0 Å². The van der Waals surface area contributed by atoms with E-state index in [0.29, 0.717) is 0 Å². The molecule has 7 heteroatoms. The molecule has 1 aliphatic rings. The summed E-state index contributed by atoms with van der Waals surface area (Å²) in [7, 11) is 1.92. The maximum Gasteiger partial charge on any atom is 0.198 e. The Balaban J connectivity index is 1.36. The summed E-state index contributed by atoms with van der Waals surface area (Å²) >= 11 is 1.48. The number of nitrogens with zero attached hydrogens (tertiary/aromatic N) is 4. The average Bonchev–Trinajstić information content (AvgIpc) is 3.36. The third-order valence-electron chi connectivity index (χ3n) is 5.74. The Kier molecular flexibility index (Phi) is 6.37. The van der Waals surface area contributed by atoms with Gasteiger partial charge in [0.15, 0.2) is 10.2 Å². The summed E-state index contributed by atoms with van der Waals surface area (Å²) in [6.45, 7) is 2.95. The second-order valence-electron chi connectivity index (χ2n) is 8.01. The van der Waals surface area contributed by atoms with Crippen LogP contribution in [0.25, 0.3) is 0 Å². The van der Waals surface area contributed by atoms with Gasteiger partial charge >= 0.3 is 0 Å². The summed E-state index contributed by atoms with van der Waals surface area (Å²) in [4.78, 5) is 2.42. The number of piperidine rings is 1. The minimum atomic E-state index is -0.0309. The van der Waals surface area contributed by atoms with Gasteiger partial charge in [0.25, 0.3) is 0 Å². The Hall–Kier alpha value is -2.09. The summed E-state index contributed by atoms with van der Waals surface area (Å²) < 4.78 is 7.90. The van der Waals surface area contributed by atoms with E-state index in [2.05, 4.69) is 39.4 Å². The number of aryl methyl sites for hydroxylation is 2. The molecule has 154 valence electrons. The molecule has 2 aromatic heterocycles. The van der Waals surface area contributed by atoms with Crippen molar-refractivity contribution in [3.05, 3.63) is 60.1 Å². The lowest BCUT2D eigenvalue weighted by molar-refractivity contribution is 0.0195. The molecular formula is C22H28N4O2S. The molecule has 4 rings (SSSR count). The van der Waals surface area contributed by atoms with Crippen LogP contribution in [-0.4, -0.2) is 44.5 Å². The molecule has 1 atom stereocenters. The van der Waals surface area contributed by atoms with Crippen LogP contribution in [0.3, 0.4) is 0 Å². The van der Waals surface area contributed by atoms with E-state index in [1.807, 2.05) is 29.8 Å². The van der Waals surface area contributed by atoms with E-state index in [9.17, 15) is 5.11 Å². The Morgan fingerprint density at radius 2 is 2.07 bits per heavy atom. The van der Waals surface area contributed by atoms with Gasteiger partial charge in [-0.2, -0.15) is 0 Å². The topological polar surface area (TPSA) is 67.3 Å². The van der Waals surface area contributed by atoms with Gasteiger partial charge in [0.1, 0.15) is 12.1 Å². The highest BCUT2D eigenvalue weighted by Gasteiger charge is 2.34. The van der Waals surface area contributed by atoms with Crippen molar-refractivity contribution in [2.24, 2.45) is 12.5 Å². The van der Waals surface area contributed by atoms with E-state index in [-0.39, 0.29) is 12.0 Å². The van der Waals surface area contributed by atoms with Crippen molar-refractivity contribution >= 4 is 11.8 Å². The van der Waals surface area contributed by atoms with Crippen molar-refractivity contribution in [2.45, 2.75) is 42.5 Å². The molecule has 0 spiro atoms. The number of likely N-dealkylation sites (tertiary alicyclic amines) is 1. The van der Waals surface area contributed by atoms with Crippen LogP contribution in [0.15, 0.2) is 63.5 Å². The zero-order valence-electron chi connectivity index (χ0n) is 16.8. The molecule has 0 aliphatic carbocycles. The molecule has 3 heterocycles. The SMILES string of the molecule is Cn1cnnc1Sc1ccc(CN2CCC[C@](CO)(CCc3ccccc3)C2)o1. The van der Waals surface area contributed by atoms with E-state index in [1.54, 1.807) is 6.33 Å². The van der Waals surface area contributed by atoms with Crippen molar-refractivity contribution in [3.8, 4) is 0 Å². The lowest BCUT2D eigenvalue weighted by Crippen LogP contribution is -2.45. The van der Waals surface area contributed by atoms with Crippen molar-refractivity contribution in [3.63, 3.8) is 0 Å². The first-order valence-electron chi connectivity index (χ1n) is 10.1. The molecule has 0 amide bonds. The molecule has 3 aromatic rings. The zero-order chi connectivity index (χ0) is 20.1. The molecule has 0 bridgehead atoms. The first kappa shape index (κ1) is 20.2. The molecular weight excluding hydrogens is 384 g/mol. The molecule has 0 saturated carbocycles. The standard InChI is InChI=1S/C22H28N4O2S/c1-25-17-23-24-21(25)29-20-9-8-19(28-20)14-26-13-5-11-22(15-26,16-27)12-10-18-6-3-2-4-7-18/h2-4,6-9,17,27H,5,10-16H2,1H3/t22-/m0/s1. The number of hydrogen-bond donors (Lipinski definition) is 1. The van der Waals surface area contributed by atoms with Crippen molar-refractivity contribution in [2.75, 3.05) is 19.7 Å². The maximum atomic E-state index is 10.2. The zero-order valence-corrected chi connectivity index (χ0v) is 17.6. The average molecular weight is 413 g/mol. The smallest absolute Gasteiger partial charge is 0.198 e. The number of aliphatic hydroxyl groups excluding tert-OH is 1. The molecule has 0 unspecified atom stereocenters. The minimum Gasteiger partial charge on any atom is -0.453 e. The normalized spacial score (nSPS) is 20.2. The number of hydrogen-bond acceptors (Lipinski definition) is 6. The van der Waals surface area contributed by atoms with Gasteiger partial charge in [-0.1, -0.05) is 30.3 Å². The summed E-state index contributed by atoms with van der Waals surface area (Å²) in [5.41, 5.74) is 1.31. The highest BCUT2D eigenvalue weighted by atomic mass is 32.2. The molecule has 29 heavy (non-hydrogen) atoms. The number of furan rings is 1. The number of benzene rings is 1. The molecule has 1 aliphatic heterocycles. The summed E-state index contributed by atoms with van der Waals surface area (Å²) in [5.74, 6) is 0.950. The highest BCUT2D eigenvalue weighted by molar-refractivity contribution is 7.99. The fourth-order valence-corrected chi connectivity index (χ4v) is 4.83. The van der Waals surface area contributed by atoms with Gasteiger partial charge in [0.05, 0.1) is 6.54 Å². The van der Waals surface area contributed by atoms with E-state index < -0.39 is 0 Å². The predicted molar refractivity (Wildman–Crippen MR) is 113 cm³/mol. The summed E-state index contributed by atoms with van der Waals surface area (Å²) in [6, 6.07) is 14.6. The molecule has 0 radical (unpaired) electrons. The monoisotopic (exact) mass is 412 g/mol. The summed E-state index contributed by atoms with van der Waals surface area (Å²) in [5, 5.41) is 19.8. The van der Waals surface area contributed by atoms with Crippen LogP contribution in [0.5, 0.6) is 0 Å². The van der Waals surface area contributed by atoms with E-state index >= 15 is 0 Å². The first-order valence-corrected chi connectivity index (χ1v) is 11.0. The molecule has 1 aromatic carbocycles. The van der Waals surface area contributed by atoms with Gasteiger partial charge in [0.2, 0.25) is 0 Å². The van der Waals surface area contributed by atoms with Gasteiger partial charge in [-0.15, -0.1) is 10.2 Å². The van der Waals surface area contributed by atoms with Gasteiger partial charge in [-0.05, 0) is 61.7 Å². The van der Waals surface area contributed by atoms with Crippen molar-refractivity contribution in [1.29, 1.82) is 0 Å². The van der Waals surface area contributed by atoms with Crippen LogP contribution >= 0.6 is 11.8 Å². The fraction of sp³-hybridized carbons (Fsp3) is 0.455. The van der Waals surface area contributed by atoms with Gasteiger partial charge in [0, 0.05) is 25.6 Å². The second-order valence-corrected chi connectivity index (χ2v) is 8.98. The third kappa shape index (κ3) is 5.10.